The highest BCUT2D eigenvalue weighted by Gasteiger charge is 2.24. The molecule has 0 N–H and O–H groups in total. The van der Waals surface area contributed by atoms with Crippen LogP contribution in [0.2, 0.25) is 0 Å². The van der Waals surface area contributed by atoms with Crippen LogP contribution in [-0.4, -0.2) is 30.5 Å². The summed E-state index contributed by atoms with van der Waals surface area (Å²) in [7, 11) is 0. The first-order valence-electron chi connectivity index (χ1n) is 10.3. The third kappa shape index (κ3) is 4.98. The largest absolute Gasteiger partial charge is 0.493 e. The average molecular weight is 488 g/mol. The number of fused-ring (bicyclic) bond motifs is 1. The van der Waals surface area contributed by atoms with E-state index in [1.54, 1.807) is 29.2 Å². The van der Waals surface area contributed by atoms with Gasteiger partial charge in [0.05, 0.1) is 17.5 Å². The number of halogens is 2. The van der Waals surface area contributed by atoms with Gasteiger partial charge in [-0.05, 0) is 70.9 Å². The van der Waals surface area contributed by atoms with Crippen molar-refractivity contribution in [1.82, 2.24) is 4.90 Å². The van der Waals surface area contributed by atoms with Gasteiger partial charge < -0.3 is 14.1 Å². The van der Waals surface area contributed by atoms with Gasteiger partial charge >= 0.3 is 5.63 Å². The van der Waals surface area contributed by atoms with E-state index in [4.69, 9.17) is 9.15 Å². The van der Waals surface area contributed by atoms with Crippen molar-refractivity contribution in [1.29, 1.82) is 0 Å². The van der Waals surface area contributed by atoms with Crippen molar-refractivity contribution < 1.29 is 18.3 Å². The second-order valence-corrected chi connectivity index (χ2v) is 8.79. The molecule has 0 spiro atoms. The van der Waals surface area contributed by atoms with Crippen LogP contribution in [0.4, 0.5) is 4.39 Å². The van der Waals surface area contributed by atoms with Crippen molar-refractivity contribution in [3.8, 4) is 5.75 Å². The summed E-state index contributed by atoms with van der Waals surface area (Å²) in [6.07, 6.45) is 1.72. The SMILES string of the molecule is Cc1cc(=O)oc2cc(OCC3CCN(C(=O)Cc4cccc(Br)c4F)CC3)ccc12. The molecular formula is C24H23BrFNO4. The Morgan fingerprint density at radius 1 is 1.23 bits per heavy atom. The van der Waals surface area contributed by atoms with Crippen molar-refractivity contribution in [2.45, 2.75) is 26.2 Å². The fraction of sp³-hybridized carbons (Fsp3) is 0.333. The number of rotatable bonds is 5. The average Bonchev–Trinajstić information content (AvgIpc) is 2.75. The Morgan fingerprint density at radius 2 is 2.00 bits per heavy atom. The van der Waals surface area contributed by atoms with Gasteiger partial charge in [-0.15, -0.1) is 0 Å². The van der Waals surface area contributed by atoms with Crippen LogP contribution in [0.15, 0.2) is 56.1 Å². The topological polar surface area (TPSA) is 59.8 Å². The quantitative estimate of drug-likeness (QED) is 0.482. The van der Waals surface area contributed by atoms with Crippen molar-refractivity contribution >= 4 is 32.8 Å². The van der Waals surface area contributed by atoms with Crippen LogP contribution in [-0.2, 0) is 11.2 Å². The van der Waals surface area contributed by atoms with Crippen LogP contribution >= 0.6 is 15.9 Å². The van der Waals surface area contributed by atoms with Crippen molar-refractivity contribution in [2.24, 2.45) is 5.92 Å². The monoisotopic (exact) mass is 487 g/mol. The zero-order valence-electron chi connectivity index (χ0n) is 17.2. The van der Waals surface area contributed by atoms with E-state index in [0.717, 1.165) is 23.8 Å². The van der Waals surface area contributed by atoms with E-state index in [1.807, 2.05) is 19.1 Å². The summed E-state index contributed by atoms with van der Waals surface area (Å²) in [5.41, 5.74) is 1.42. The predicted octanol–water partition coefficient (Wildman–Crippen LogP) is 4.86. The van der Waals surface area contributed by atoms with Crippen LogP contribution in [0.3, 0.4) is 0 Å². The van der Waals surface area contributed by atoms with Crippen LogP contribution in [0, 0.1) is 18.7 Å². The van der Waals surface area contributed by atoms with E-state index in [9.17, 15) is 14.0 Å². The minimum Gasteiger partial charge on any atom is -0.493 e. The number of carbonyl (C=O) groups excluding carboxylic acids is 1. The Balaban J connectivity index is 1.30. The summed E-state index contributed by atoms with van der Waals surface area (Å²) in [6.45, 7) is 3.67. The third-order valence-corrected chi connectivity index (χ3v) is 6.36. The number of hydrogen-bond donors (Lipinski definition) is 0. The van der Waals surface area contributed by atoms with Crippen molar-refractivity contribution in [3.63, 3.8) is 0 Å². The zero-order valence-corrected chi connectivity index (χ0v) is 18.8. The van der Waals surface area contributed by atoms with Crippen LogP contribution < -0.4 is 10.4 Å². The fourth-order valence-corrected chi connectivity index (χ4v) is 4.33. The molecule has 1 amide bonds. The maximum Gasteiger partial charge on any atom is 0.336 e. The number of nitrogens with zero attached hydrogens (tertiary/aromatic N) is 1. The maximum absolute atomic E-state index is 14.1. The fourth-order valence-electron chi connectivity index (χ4n) is 3.92. The number of benzene rings is 2. The van der Waals surface area contributed by atoms with Crippen molar-refractivity contribution in [2.75, 3.05) is 19.7 Å². The first-order valence-corrected chi connectivity index (χ1v) is 11.1. The lowest BCUT2D eigenvalue weighted by Crippen LogP contribution is -2.40. The number of carbonyl (C=O) groups is 1. The highest BCUT2D eigenvalue weighted by molar-refractivity contribution is 9.10. The van der Waals surface area contributed by atoms with E-state index in [1.165, 1.54) is 6.07 Å². The van der Waals surface area contributed by atoms with Crippen LogP contribution in [0.1, 0.15) is 24.0 Å². The molecule has 0 bridgehead atoms. The zero-order chi connectivity index (χ0) is 22.0. The number of likely N-dealkylation sites (tertiary alicyclic amines) is 1. The lowest BCUT2D eigenvalue weighted by atomic mass is 9.97. The Bertz CT molecular complexity index is 1170. The number of ether oxygens (including phenoxy) is 1. The van der Waals surface area contributed by atoms with E-state index >= 15 is 0 Å². The van der Waals surface area contributed by atoms with Gasteiger partial charge in [0.1, 0.15) is 17.1 Å². The molecule has 0 saturated carbocycles. The maximum atomic E-state index is 14.1. The molecule has 0 unspecified atom stereocenters. The number of piperidine rings is 1. The van der Waals surface area contributed by atoms with Crippen LogP contribution in [0.5, 0.6) is 5.75 Å². The molecule has 3 aromatic rings. The first kappa shape index (κ1) is 21.6. The van der Waals surface area contributed by atoms with E-state index < -0.39 is 0 Å². The number of amides is 1. The Hall–Kier alpha value is -2.67. The third-order valence-electron chi connectivity index (χ3n) is 5.75. The van der Waals surface area contributed by atoms with E-state index in [0.29, 0.717) is 47.0 Å². The second-order valence-electron chi connectivity index (χ2n) is 7.93. The molecule has 1 saturated heterocycles. The Morgan fingerprint density at radius 3 is 2.77 bits per heavy atom. The van der Waals surface area contributed by atoms with Crippen LogP contribution in [0.25, 0.3) is 11.0 Å². The van der Waals surface area contributed by atoms with Gasteiger partial charge in [-0.3, -0.25) is 4.79 Å². The smallest absolute Gasteiger partial charge is 0.336 e. The molecule has 31 heavy (non-hydrogen) atoms. The Kier molecular flexibility index (Phi) is 6.41. The van der Waals surface area contributed by atoms with Gasteiger partial charge in [0.2, 0.25) is 5.91 Å². The van der Waals surface area contributed by atoms with Gasteiger partial charge in [-0.1, -0.05) is 12.1 Å². The van der Waals surface area contributed by atoms with Gasteiger partial charge in [-0.25, -0.2) is 9.18 Å². The normalized spacial score (nSPS) is 14.7. The number of hydrogen-bond acceptors (Lipinski definition) is 4. The minimum atomic E-state index is -0.374. The minimum absolute atomic E-state index is 0.0590. The summed E-state index contributed by atoms with van der Waals surface area (Å²) in [5, 5.41) is 0.889. The van der Waals surface area contributed by atoms with Gasteiger partial charge in [0.15, 0.2) is 0 Å². The van der Waals surface area contributed by atoms with Gasteiger partial charge in [0, 0.05) is 30.6 Å². The molecule has 2 aromatic carbocycles. The van der Waals surface area contributed by atoms with Gasteiger partial charge in [0.25, 0.3) is 0 Å². The highest BCUT2D eigenvalue weighted by Crippen LogP contribution is 2.25. The Labute approximate surface area is 187 Å². The summed E-state index contributed by atoms with van der Waals surface area (Å²) < 4.78 is 25.7. The lowest BCUT2D eigenvalue weighted by Gasteiger charge is -2.32. The molecule has 0 radical (unpaired) electrons. The standard InChI is InChI=1S/C24H23BrFNO4/c1-15-11-23(29)31-21-13-18(5-6-19(15)21)30-14-16-7-9-27(10-8-16)22(28)12-17-3-2-4-20(25)24(17)26/h2-6,11,13,16H,7-10,12,14H2,1H3. The lowest BCUT2D eigenvalue weighted by molar-refractivity contribution is -0.132. The molecule has 5 nitrogen and oxygen atoms in total. The molecule has 4 rings (SSSR count). The molecule has 0 atom stereocenters. The molecule has 1 aromatic heterocycles. The van der Waals surface area contributed by atoms with Crippen molar-refractivity contribution in [3.05, 3.63) is 74.3 Å². The molecule has 1 fully saturated rings. The number of aryl methyl sites for hydroxylation is 1. The molecule has 1 aliphatic heterocycles. The summed E-state index contributed by atoms with van der Waals surface area (Å²) in [4.78, 5) is 26.0. The molecule has 162 valence electrons. The predicted molar refractivity (Wildman–Crippen MR) is 120 cm³/mol. The molecular weight excluding hydrogens is 465 g/mol. The summed E-state index contributed by atoms with van der Waals surface area (Å²) in [6, 6.07) is 12.0. The molecule has 7 heteroatoms. The van der Waals surface area contributed by atoms with E-state index in [-0.39, 0.29) is 23.8 Å². The summed E-state index contributed by atoms with van der Waals surface area (Å²) in [5.74, 6) is 0.550. The highest BCUT2D eigenvalue weighted by atomic mass is 79.9. The van der Waals surface area contributed by atoms with Gasteiger partial charge in [-0.2, -0.15) is 0 Å². The summed E-state index contributed by atoms with van der Waals surface area (Å²) >= 11 is 3.16. The molecule has 2 heterocycles. The van der Waals surface area contributed by atoms with E-state index in [2.05, 4.69) is 15.9 Å². The molecule has 0 aliphatic carbocycles. The molecule has 1 aliphatic rings. The second kappa shape index (κ2) is 9.22. The first-order chi connectivity index (χ1) is 14.9.